The van der Waals surface area contributed by atoms with Gasteiger partial charge in [0.25, 0.3) is 11.5 Å². The number of hydrogen-bond donors (Lipinski definition) is 1. The van der Waals surface area contributed by atoms with E-state index in [2.05, 4.69) is 5.32 Å². The molecule has 0 saturated carbocycles. The van der Waals surface area contributed by atoms with Crippen LogP contribution in [0.4, 0.5) is 18.9 Å². The SMILES string of the molecule is Cc1ccc(NC(=O)c2cc3c(n(-c4ccc(C(F)(F)F)cc4)c2=O)CCCC3=O)cc1. The molecule has 164 valence electrons. The van der Waals surface area contributed by atoms with Crippen LogP contribution in [0.2, 0.25) is 0 Å². The highest BCUT2D eigenvalue weighted by atomic mass is 19.4. The second-order valence-electron chi connectivity index (χ2n) is 7.70. The van der Waals surface area contributed by atoms with E-state index in [4.69, 9.17) is 0 Å². The number of alkyl halides is 3. The third kappa shape index (κ3) is 4.08. The molecular formula is C24H19F3N2O3. The maximum atomic E-state index is 13.3. The van der Waals surface area contributed by atoms with E-state index in [1.165, 1.54) is 22.8 Å². The van der Waals surface area contributed by atoms with Crippen LogP contribution in [0.3, 0.4) is 0 Å². The predicted octanol–water partition coefficient (Wildman–Crippen LogP) is 4.94. The molecule has 0 saturated heterocycles. The van der Waals surface area contributed by atoms with Gasteiger partial charge in [-0.15, -0.1) is 0 Å². The lowest BCUT2D eigenvalue weighted by Crippen LogP contribution is -2.33. The molecule has 1 amide bonds. The molecule has 3 aromatic rings. The summed E-state index contributed by atoms with van der Waals surface area (Å²) in [6, 6.07) is 12.4. The topological polar surface area (TPSA) is 68.2 Å². The van der Waals surface area contributed by atoms with Crippen LogP contribution in [0.15, 0.2) is 59.4 Å². The number of benzene rings is 2. The number of ketones is 1. The smallest absolute Gasteiger partial charge is 0.322 e. The van der Waals surface area contributed by atoms with Crippen molar-refractivity contribution in [2.75, 3.05) is 5.32 Å². The molecule has 0 atom stereocenters. The molecule has 0 radical (unpaired) electrons. The highest BCUT2D eigenvalue weighted by Gasteiger charge is 2.31. The van der Waals surface area contributed by atoms with Gasteiger partial charge in [-0.25, -0.2) is 0 Å². The number of anilines is 1. The zero-order valence-corrected chi connectivity index (χ0v) is 17.1. The van der Waals surface area contributed by atoms with Gasteiger partial charge in [0.2, 0.25) is 0 Å². The molecule has 2 aromatic carbocycles. The summed E-state index contributed by atoms with van der Waals surface area (Å²) in [5.41, 5.74) is 0.480. The second kappa shape index (κ2) is 8.11. The van der Waals surface area contributed by atoms with Gasteiger partial charge in [0.15, 0.2) is 5.78 Å². The molecule has 0 spiro atoms. The third-order valence-electron chi connectivity index (χ3n) is 5.43. The lowest BCUT2D eigenvalue weighted by molar-refractivity contribution is -0.137. The number of fused-ring (bicyclic) bond motifs is 1. The Morgan fingerprint density at radius 3 is 2.25 bits per heavy atom. The minimum atomic E-state index is -4.52. The predicted molar refractivity (Wildman–Crippen MR) is 113 cm³/mol. The van der Waals surface area contributed by atoms with Gasteiger partial charge in [-0.1, -0.05) is 17.7 Å². The van der Waals surface area contributed by atoms with Gasteiger partial charge < -0.3 is 5.32 Å². The van der Waals surface area contributed by atoms with E-state index in [0.717, 1.165) is 17.7 Å². The molecule has 5 nitrogen and oxygen atoms in total. The minimum absolute atomic E-state index is 0.166. The van der Waals surface area contributed by atoms with Crippen molar-refractivity contribution < 1.29 is 22.8 Å². The summed E-state index contributed by atoms with van der Waals surface area (Å²) in [5.74, 6) is -0.906. The Bertz CT molecular complexity index is 1260. The monoisotopic (exact) mass is 440 g/mol. The van der Waals surface area contributed by atoms with E-state index in [-0.39, 0.29) is 29.0 Å². The molecule has 0 fully saturated rings. The summed E-state index contributed by atoms with van der Waals surface area (Å²) in [6.07, 6.45) is -3.33. The Hall–Kier alpha value is -3.68. The normalized spacial score (nSPS) is 13.6. The largest absolute Gasteiger partial charge is 0.416 e. The molecule has 8 heteroatoms. The van der Waals surface area contributed by atoms with Crippen molar-refractivity contribution in [2.24, 2.45) is 0 Å². The molecule has 1 heterocycles. The summed E-state index contributed by atoms with van der Waals surface area (Å²) in [7, 11) is 0. The number of amides is 1. The van der Waals surface area contributed by atoms with Crippen LogP contribution in [-0.4, -0.2) is 16.3 Å². The zero-order chi connectivity index (χ0) is 23.0. The number of nitrogens with zero attached hydrogens (tertiary/aromatic N) is 1. The number of carbonyl (C=O) groups excluding carboxylic acids is 2. The summed E-state index contributed by atoms with van der Waals surface area (Å²) >= 11 is 0. The average molecular weight is 440 g/mol. The first kappa shape index (κ1) is 21.5. The van der Waals surface area contributed by atoms with Gasteiger partial charge in [0, 0.05) is 29.1 Å². The van der Waals surface area contributed by atoms with E-state index in [1.54, 1.807) is 24.3 Å². The highest BCUT2D eigenvalue weighted by molar-refractivity contribution is 6.06. The molecule has 1 aliphatic carbocycles. The fourth-order valence-corrected chi connectivity index (χ4v) is 3.76. The van der Waals surface area contributed by atoms with Crippen molar-refractivity contribution in [2.45, 2.75) is 32.4 Å². The number of carbonyl (C=O) groups is 2. The Labute approximate surface area is 181 Å². The van der Waals surface area contributed by atoms with Gasteiger partial charge in [0.05, 0.1) is 5.56 Å². The number of hydrogen-bond acceptors (Lipinski definition) is 3. The quantitative estimate of drug-likeness (QED) is 0.628. The Morgan fingerprint density at radius 1 is 0.969 bits per heavy atom. The van der Waals surface area contributed by atoms with Crippen molar-refractivity contribution in [3.05, 3.63) is 92.9 Å². The van der Waals surface area contributed by atoms with Gasteiger partial charge >= 0.3 is 6.18 Å². The second-order valence-corrected chi connectivity index (χ2v) is 7.70. The standard InChI is InChI=1S/C24H19F3N2O3/c1-14-5-9-16(10-6-14)28-22(31)19-13-18-20(3-2-4-21(18)30)29(23(19)32)17-11-7-15(8-12-17)24(25,26)27/h5-13H,2-4H2,1H3,(H,28,31). The van der Waals surface area contributed by atoms with Gasteiger partial charge in [-0.2, -0.15) is 13.2 Å². The van der Waals surface area contributed by atoms with Crippen LogP contribution in [0, 0.1) is 6.92 Å². The fourth-order valence-electron chi connectivity index (χ4n) is 3.76. The van der Waals surface area contributed by atoms with Crippen LogP contribution < -0.4 is 10.9 Å². The molecule has 0 unspecified atom stereocenters. The number of aryl methyl sites for hydroxylation is 1. The maximum absolute atomic E-state index is 13.3. The molecule has 1 aliphatic rings. The van der Waals surface area contributed by atoms with Crippen molar-refractivity contribution in [3.63, 3.8) is 0 Å². The lowest BCUT2D eigenvalue weighted by Gasteiger charge is -2.22. The number of nitrogens with one attached hydrogen (secondary N) is 1. The van der Waals surface area contributed by atoms with Crippen LogP contribution in [-0.2, 0) is 12.6 Å². The highest BCUT2D eigenvalue weighted by Crippen LogP contribution is 2.30. The minimum Gasteiger partial charge on any atom is -0.322 e. The third-order valence-corrected chi connectivity index (χ3v) is 5.43. The molecular weight excluding hydrogens is 421 g/mol. The van der Waals surface area contributed by atoms with Crippen LogP contribution in [0.1, 0.15) is 50.4 Å². The Kier molecular flexibility index (Phi) is 5.46. The Morgan fingerprint density at radius 2 is 1.62 bits per heavy atom. The summed E-state index contributed by atoms with van der Waals surface area (Å²) in [5, 5.41) is 2.64. The van der Waals surface area contributed by atoms with E-state index < -0.39 is 23.2 Å². The molecule has 0 aliphatic heterocycles. The van der Waals surface area contributed by atoms with Crippen LogP contribution in [0.25, 0.3) is 5.69 Å². The number of Topliss-reactive ketones (excluding diaryl/α,β-unsaturated/α-hetero) is 1. The lowest BCUT2D eigenvalue weighted by atomic mass is 9.92. The number of pyridine rings is 1. The van der Waals surface area contributed by atoms with E-state index in [9.17, 15) is 27.6 Å². The van der Waals surface area contributed by atoms with Crippen LogP contribution in [0.5, 0.6) is 0 Å². The zero-order valence-electron chi connectivity index (χ0n) is 17.1. The van der Waals surface area contributed by atoms with Crippen molar-refractivity contribution >= 4 is 17.4 Å². The van der Waals surface area contributed by atoms with Crippen LogP contribution >= 0.6 is 0 Å². The molecule has 4 rings (SSSR count). The van der Waals surface area contributed by atoms with Crippen molar-refractivity contribution in [1.82, 2.24) is 4.57 Å². The van der Waals surface area contributed by atoms with Gasteiger partial charge in [-0.05, 0) is 62.2 Å². The first-order valence-corrected chi connectivity index (χ1v) is 10.0. The summed E-state index contributed by atoms with van der Waals surface area (Å²) in [6.45, 7) is 1.89. The maximum Gasteiger partial charge on any atom is 0.416 e. The van der Waals surface area contributed by atoms with Gasteiger partial charge in [-0.3, -0.25) is 19.0 Å². The molecule has 32 heavy (non-hydrogen) atoms. The summed E-state index contributed by atoms with van der Waals surface area (Å²) < 4.78 is 40.1. The summed E-state index contributed by atoms with van der Waals surface area (Å²) in [4.78, 5) is 38.7. The average Bonchev–Trinajstić information content (AvgIpc) is 2.75. The fraction of sp³-hybridized carbons (Fsp3) is 0.208. The number of halogens is 3. The van der Waals surface area contributed by atoms with Crippen molar-refractivity contribution in [1.29, 1.82) is 0 Å². The first-order valence-electron chi connectivity index (χ1n) is 10.0. The molecule has 1 aromatic heterocycles. The Balaban J connectivity index is 1.83. The number of rotatable bonds is 3. The van der Waals surface area contributed by atoms with E-state index in [1.807, 2.05) is 6.92 Å². The molecule has 1 N–H and O–H groups in total. The van der Waals surface area contributed by atoms with E-state index in [0.29, 0.717) is 24.2 Å². The van der Waals surface area contributed by atoms with E-state index >= 15 is 0 Å². The number of aromatic nitrogens is 1. The first-order chi connectivity index (χ1) is 15.1. The molecule has 0 bridgehead atoms. The van der Waals surface area contributed by atoms with Gasteiger partial charge in [0.1, 0.15) is 5.56 Å². The van der Waals surface area contributed by atoms with Crippen molar-refractivity contribution in [3.8, 4) is 5.69 Å².